The van der Waals surface area contributed by atoms with Crippen LogP contribution in [0.4, 0.5) is 0 Å². The first-order chi connectivity index (χ1) is 11.8. The highest BCUT2D eigenvalue weighted by atomic mass is 79.9. The Hall–Kier alpha value is -1.72. The highest BCUT2D eigenvalue weighted by Crippen LogP contribution is 2.44. The van der Waals surface area contributed by atoms with Crippen LogP contribution >= 0.6 is 31.9 Å². The maximum Gasteiger partial charge on any atom is 0.147 e. The predicted octanol–water partition coefficient (Wildman–Crippen LogP) is 7.28. The summed E-state index contributed by atoms with van der Waals surface area (Å²) in [5.74, 6) is 2.87. The third-order valence-electron chi connectivity index (χ3n) is 3.81. The van der Waals surface area contributed by atoms with Gasteiger partial charge in [0.05, 0.1) is 21.5 Å². The Morgan fingerprint density at radius 3 is 1.40 bits per heavy atom. The Morgan fingerprint density at radius 2 is 1.08 bits per heavy atom. The fourth-order valence-electron chi connectivity index (χ4n) is 2.67. The first-order valence-corrected chi connectivity index (χ1v) is 9.22. The molecule has 3 nitrogen and oxygen atoms in total. The van der Waals surface area contributed by atoms with E-state index in [0.29, 0.717) is 11.5 Å². The van der Waals surface area contributed by atoms with Crippen LogP contribution in [0.5, 0.6) is 23.0 Å². The Kier molecular flexibility index (Phi) is 6.36. The number of rotatable bonds is 6. The van der Waals surface area contributed by atoms with E-state index in [4.69, 9.17) is 14.2 Å². The molecule has 0 bridgehead atoms. The third-order valence-corrected chi connectivity index (χ3v) is 4.98. The molecule has 0 unspecified atom stereocenters. The van der Waals surface area contributed by atoms with E-state index < -0.39 is 0 Å². The van der Waals surface area contributed by atoms with Gasteiger partial charge in [-0.25, -0.2) is 0 Å². The highest BCUT2D eigenvalue weighted by Gasteiger charge is 2.19. The van der Waals surface area contributed by atoms with E-state index in [0.717, 1.165) is 42.7 Å². The number of aryl methyl sites for hydroxylation is 2. The van der Waals surface area contributed by atoms with Gasteiger partial charge in [0.1, 0.15) is 23.0 Å². The Morgan fingerprint density at radius 1 is 0.720 bits per heavy atom. The largest absolute Gasteiger partial charge is 0.464 e. The van der Waals surface area contributed by atoms with Gasteiger partial charge in [0.2, 0.25) is 0 Å². The van der Waals surface area contributed by atoms with Crippen molar-refractivity contribution in [2.45, 2.75) is 27.7 Å². The van der Waals surface area contributed by atoms with Crippen molar-refractivity contribution in [1.82, 2.24) is 0 Å². The molecule has 25 heavy (non-hydrogen) atoms. The van der Waals surface area contributed by atoms with Crippen LogP contribution < -0.4 is 14.2 Å². The van der Waals surface area contributed by atoms with Gasteiger partial charge in [-0.05, 0) is 82.8 Å². The minimum atomic E-state index is 0.686. The van der Waals surface area contributed by atoms with Crippen molar-refractivity contribution in [1.29, 1.82) is 0 Å². The normalized spacial score (nSPS) is 10.3. The molecule has 0 amide bonds. The average molecular weight is 468 g/mol. The molecule has 0 aliphatic carbocycles. The molecule has 0 aromatic heterocycles. The summed E-state index contributed by atoms with van der Waals surface area (Å²) in [6.45, 7) is 15.2. The number of benzene rings is 2. The smallest absolute Gasteiger partial charge is 0.147 e. The summed E-state index contributed by atoms with van der Waals surface area (Å²) in [6.07, 6.45) is 2.80. The third kappa shape index (κ3) is 3.93. The van der Waals surface area contributed by atoms with E-state index in [1.807, 2.05) is 39.8 Å². The molecule has 2 aromatic carbocycles. The lowest BCUT2D eigenvalue weighted by atomic mass is 10.1. The molecular weight excluding hydrogens is 448 g/mol. The van der Waals surface area contributed by atoms with Gasteiger partial charge in [-0.1, -0.05) is 13.2 Å². The SMILES string of the molecule is C=COc1c(Br)cc(C)c(Oc2c(C)cc(Br)c(OC=C)c2C)c1C. The summed E-state index contributed by atoms with van der Waals surface area (Å²) in [5, 5.41) is 0. The van der Waals surface area contributed by atoms with Crippen LogP contribution in [-0.4, -0.2) is 0 Å². The van der Waals surface area contributed by atoms with E-state index in [1.54, 1.807) is 0 Å². The van der Waals surface area contributed by atoms with Crippen LogP contribution in [0.25, 0.3) is 0 Å². The van der Waals surface area contributed by atoms with E-state index in [1.165, 1.54) is 12.5 Å². The van der Waals surface area contributed by atoms with E-state index in [2.05, 4.69) is 45.0 Å². The lowest BCUT2D eigenvalue weighted by Crippen LogP contribution is -2.00. The van der Waals surface area contributed by atoms with E-state index in [9.17, 15) is 0 Å². The average Bonchev–Trinajstić information content (AvgIpc) is 2.54. The van der Waals surface area contributed by atoms with Crippen LogP contribution in [0.15, 0.2) is 46.8 Å². The standard InChI is InChI=1S/C20H20Br2O3/c1-7-23-19-13(5)17(11(3)9-15(19)21)25-18-12(4)10-16(22)20(14(18)6)24-8-2/h7-10H,1-2H2,3-6H3. The molecule has 2 rings (SSSR count). The van der Waals surface area contributed by atoms with Gasteiger partial charge in [0, 0.05) is 11.1 Å². The summed E-state index contributed by atoms with van der Waals surface area (Å²) in [5.41, 5.74) is 3.77. The van der Waals surface area contributed by atoms with Gasteiger partial charge in [-0.15, -0.1) is 0 Å². The topological polar surface area (TPSA) is 27.7 Å². The zero-order chi connectivity index (χ0) is 18.7. The zero-order valence-corrected chi connectivity index (χ0v) is 17.9. The monoisotopic (exact) mass is 466 g/mol. The van der Waals surface area contributed by atoms with Gasteiger partial charge in [-0.2, -0.15) is 0 Å². The van der Waals surface area contributed by atoms with Crippen molar-refractivity contribution >= 4 is 31.9 Å². The van der Waals surface area contributed by atoms with Crippen LogP contribution in [0, 0.1) is 27.7 Å². The second kappa shape index (κ2) is 8.11. The predicted molar refractivity (Wildman–Crippen MR) is 109 cm³/mol. The molecule has 0 radical (unpaired) electrons. The van der Waals surface area contributed by atoms with Crippen molar-refractivity contribution in [3.63, 3.8) is 0 Å². The molecule has 132 valence electrons. The van der Waals surface area contributed by atoms with E-state index >= 15 is 0 Å². The molecule has 0 fully saturated rings. The van der Waals surface area contributed by atoms with Crippen LogP contribution in [0.3, 0.4) is 0 Å². The van der Waals surface area contributed by atoms with Gasteiger partial charge in [0.15, 0.2) is 0 Å². The molecule has 5 heteroatoms. The van der Waals surface area contributed by atoms with Crippen LogP contribution in [-0.2, 0) is 0 Å². The molecule has 0 atom stereocenters. The summed E-state index contributed by atoms with van der Waals surface area (Å²) < 4.78 is 19.1. The number of hydrogen-bond donors (Lipinski definition) is 0. The number of hydrogen-bond acceptors (Lipinski definition) is 3. The van der Waals surface area contributed by atoms with Gasteiger partial charge in [0.25, 0.3) is 0 Å². The summed E-state index contributed by atoms with van der Waals surface area (Å²) in [7, 11) is 0. The van der Waals surface area contributed by atoms with Crippen LogP contribution in [0.2, 0.25) is 0 Å². The molecule has 0 aliphatic heterocycles. The first-order valence-electron chi connectivity index (χ1n) is 7.64. The highest BCUT2D eigenvalue weighted by molar-refractivity contribution is 9.10. The Labute approximate surface area is 165 Å². The molecule has 0 spiro atoms. The maximum absolute atomic E-state index is 6.32. The number of halogens is 2. The lowest BCUT2D eigenvalue weighted by molar-refractivity contribution is 0.435. The van der Waals surface area contributed by atoms with Crippen molar-refractivity contribution in [3.8, 4) is 23.0 Å². The van der Waals surface area contributed by atoms with Crippen molar-refractivity contribution in [2.24, 2.45) is 0 Å². The summed E-state index contributed by atoms with van der Waals surface area (Å²) in [6, 6.07) is 3.93. The lowest BCUT2D eigenvalue weighted by Gasteiger charge is -2.20. The summed E-state index contributed by atoms with van der Waals surface area (Å²) in [4.78, 5) is 0. The van der Waals surface area contributed by atoms with Crippen molar-refractivity contribution in [3.05, 3.63) is 69.0 Å². The fourth-order valence-corrected chi connectivity index (χ4v) is 4.14. The molecule has 0 heterocycles. The van der Waals surface area contributed by atoms with Gasteiger partial charge in [-0.3, -0.25) is 0 Å². The minimum absolute atomic E-state index is 0.686. The maximum atomic E-state index is 6.32. The molecule has 0 saturated carbocycles. The van der Waals surface area contributed by atoms with E-state index in [-0.39, 0.29) is 0 Å². The van der Waals surface area contributed by atoms with Crippen molar-refractivity contribution < 1.29 is 14.2 Å². The Balaban J connectivity index is 2.61. The molecule has 0 saturated heterocycles. The zero-order valence-electron chi connectivity index (χ0n) is 14.7. The fraction of sp³-hybridized carbons (Fsp3) is 0.200. The molecule has 0 aliphatic rings. The molecular formula is C20H20Br2O3. The molecule has 0 N–H and O–H groups in total. The Bertz CT molecular complexity index is 772. The molecule has 2 aromatic rings. The van der Waals surface area contributed by atoms with Gasteiger partial charge >= 0.3 is 0 Å². The summed E-state index contributed by atoms with van der Waals surface area (Å²) >= 11 is 7.05. The van der Waals surface area contributed by atoms with Crippen molar-refractivity contribution in [2.75, 3.05) is 0 Å². The quantitative estimate of drug-likeness (QED) is 0.417. The van der Waals surface area contributed by atoms with Gasteiger partial charge < -0.3 is 14.2 Å². The number of ether oxygens (including phenoxy) is 3. The second-order valence-electron chi connectivity index (χ2n) is 5.59. The minimum Gasteiger partial charge on any atom is -0.464 e. The van der Waals surface area contributed by atoms with Crippen LogP contribution in [0.1, 0.15) is 22.3 Å². The second-order valence-corrected chi connectivity index (χ2v) is 7.30. The first kappa shape index (κ1) is 19.6.